The summed E-state index contributed by atoms with van der Waals surface area (Å²) in [5.74, 6) is 4.36. The van der Waals surface area contributed by atoms with Crippen molar-refractivity contribution in [3.05, 3.63) is 23.2 Å². The number of hydrogen-bond acceptors (Lipinski definition) is 4. The zero-order chi connectivity index (χ0) is 23.5. The maximum atomic E-state index is 13.6. The summed E-state index contributed by atoms with van der Waals surface area (Å²) in [5.41, 5.74) is -0.285. The van der Waals surface area contributed by atoms with Crippen LogP contribution in [0.3, 0.4) is 0 Å². The predicted octanol–water partition coefficient (Wildman–Crippen LogP) is 5.14. The largest absolute Gasteiger partial charge is 0.390 e. The van der Waals surface area contributed by atoms with Gasteiger partial charge in [-0.25, -0.2) is 0 Å². The van der Waals surface area contributed by atoms with Gasteiger partial charge in [0.2, 0.25) is 0 Å². The molecule has 6 nitrogen and oxygen atoms in total. The number of hydrogen-bond donors (Lipinski definition) is 1. The van der Waals surface area contributed by atoms with E-state index in [1.54, 1.807) is 0 Å². The number of rotatable bonds is 3. The third kappa shape index (κ3) is 3.62. The van der Waals surface area contributed by atoms with E-state index in [0.29, 0.717) is 23.7 Å². The number of aliphatic hydroxyl groups is 1. The normalized spacial score (nSPS) is 44.1. The summed E-state index contributed by atoms with van der Waals surface area (Å²) in [6.07, 6.45) is 8.71. The number of Topliss-reactive ketones (excluding diaryl/α,β-unsaturated/α-hetero) is 1. The van der Waals surface area contributed by atoms with E-state index in [9.17, 15) is 9.90 Å². The number of nitrogens with zero attached hydrogens (tertiary/aromatic N) is 4. The highest BCUT2D eigenvalue weighted by atomic mass is 16.3. The Morgan fingerprint density at radius 1 is 1.27 bits per heavy atom. The zero-order valence-corrected chi connectivity index (χ0v) is 20.1. The molecule has 1 N–H and O–H groups in total. The van der Waals surface area contributed by atoms with Gasteiger partial charge < -0.3 is 9.95 Å². The quantitative estimate of drug-likeness (QED) is 0.649. The fourth-order valence-corrected chi connectivity index (χ4v) is 9.05. The van der Waals surface area contributed by atoms with Crippen molar-refractivity contribution < 1.29 is 9.90 Å². The highest BCUT2D eigenvalue weighted by molar-refractivity contribution is 5.82. The monoisotopic (exact) mass is 448 g/mol. The van der Waals surface area contributed by atoms with Crippen molar-refractivity contribution in [3.63, 3.8) is 0 Å². The molecule has 0 bridgehead atoms. The topological polar surface area (TPSA) is 83.3 Å². The van der Waals surface area contributed by atoms with Crippen LogP contribution in [-0.2, 0) is 11.3 Å². The second-order valence-electron chi connectivity index (χ2n) is 12.1. The summed E-state index contributed by atoms with van der Waals surface area (Å²) in [5, 5.41) is 24.0. The van der Waals surface area contributed by atoms with Crippen molar-refractivity contribution in [2.45, 2.75) is 84.3 Å². The highest BCUT2D eigenvalue weighted by Gasteiger charge is 2.61. The second kappa shape index (κ2) is 7.95. The number of carbonyl (C=O) groups is 1. The van der Waals surface area contributed by atoms with Gasteiger partial charge in [0.05, 0.1) is 5.60 Å². The summed E-state index contributed by atoms with van der Waals surface area (Å²) in [4.78, 5) is 17.0. The van der Waals surface area contributed by atoms with E-state index >= 15 is 0 Å². The van der Waals surface area contributed by atoms with Gasteiger partial charge in [-0.15, -0.1) is 0 Å². The van der Waals surface area contributed by atoms with Gasteiger partial charge in [0, 0.05) is 12.0 Å². The third-order valence-electron chi connectivity index (χ3n) is 10.2. The summed E-state index contributed by atoms with van der Waals surface area (Å²) in [6, 6.07) is 3.45. The Labute approximate surface area is 197 Å². The molecule has 0 radical (unpaired) electrons. The standard InChI is InChI=1S/C27H36N4O2/c1-16-11-22(23(32)15-31-24(29-4)12-18(14-28)30-31)27(3)10-8-20-19-7-9-26(2,33)13-17(19)5-6-21(20)25(16)27/h12,16-17,19-22,25,33H,5-11,13,15H2,1-3H3/t16-,17-,19+,20-,21-,22-,25+,26-,27-/m1/s1. The fraction of sp³-hybridized carbons (Fsp3) is 0.778. The molecule has 4 fully saturated rings. The molecule has 0 unspecified atom stereocenters. The van der Waals surface area contributed by atoms with Crippen molar-refractivity contribution in [1.82, 2.24) is 9.78 Å². The lowest BCUT2D eigenvalue weighted by Gasteiger charge is -2.57. The van der Waals surface area contributed by atoms with E-state index in [1.165, 1.54) is 30.0 Å². The van der Waals surface area contributed by atoms with Crippen molar-refractivity contribution in [2.24, 2.45) is 46.8 Å². The number of carbonyl (C=O) groups excluding carboxylic acids is 1. The average Bonchev–Trinajstić information content (AvgIpc) is 3.29. The summed E-state index contributed by atoms with van der Waals surface area (Å²) in [7, 11) is 0. The minimum absolute atomic E-state index is 0.00316. The van der Waals surface area contributed by atoms with Gasteiger partial charge in [0.25, 0.3) is 5.82 Å². The molecule has 0 amide bonds. The molecule has 0 saturated heterocycles. The van der Waals surface area contributed by atoms with E-state index in [-0.39, 0.29) is 35.2 Å². The molecule has 9 atom stereocenters. The van der Waals surface area contributed by atoms with Crippen molar-refractivity contribution in [2.75, 3.05) is 0 Å². The Bertz CT molecular complexity index is 1030. The molecular weight excluding hydrogens is 412 g/mol. The molecule has 5 rings (SSSR count). The first kappa shape index (κ1) is 22.6. The van der Waals surface area contributed by atoms with E-state index in [4.69, 9.17) is 11.8 Å². The second-order valence-corrected chi connectivity index (χ2v) is 12.1. The predicted molar refractivity (Wildman–Crippen MR) is 124 cm³/mol. The average molecular weight is 449 g/mol. The third-order valence-corrected chi connectivity index (χ3v) is 10.2. The molecule has 4 aliphatic carbocycles. The Hall–Kier alpha value is -2.18. The van der Waals surface area contributed by atoms with E-state index in [2.05, 4.69) is 23.8 Å². The molecule has 0 spiro atoms. The van der Waals surface area contributed by atoms with E-state index < -0.39 is 5.60 Å². The molecule has 4 aliphatic rings. The minimum Gasteiger partial charge on any atom is -0.390 e. The van der Waals surface area contributed by atoms with Crippen LogP contribution in [0.2, 0.25) is 0 Å². The molecule has 1 aromatic rings. The van der Waals surface area contributed by atoms with Crippen LogP contribution >= 0.6 is 0 Å². The van der Waals surface area contributed by atoms with Gasteiger partial charge in [0.1, 0.15) is 6.07 Å². The van der Waals surface area contributed by atoms with Crippen LogP contribution in [0.1, 0.15) is 77.8 Å². The number of nitriles is 1. The van der Waals surface area contributed by atoms with Crippen molar-refractivity contribution in [1.29, 1.82) is 5.26 Å². The van der Waals surface area contributed by atoms with Crippen molar-refractivity contribution in [3.8, 4) is 6.07 Å². The van der Waals surface area contributed by atoms with Crippen LogP contribution in [0.5, 0.6) is 0 Å². The molecule has 176 valence electrons. The van der Waals surface area contributed by atoms with Crippen molar-refractivity contribution >= 4 is 11.6 Å². The zero-order valence-electron chi connectivity index (χ0n) is 20.1. The number of ketones is 1. The van der Waals surface area contributed by atoms with Crippen LogP contribution in [0.15, 0.2) is 6.07 Å². The molecule has 1 aromatic heterocycles. The lowest BCUT2D eigenvalue weighted by Crippen LogP contribution is -2.51. The molecule has 1 heterocycles. The maximum Gasteiger partial charge on any atom is 0.253 e. The van der Waals surface area contributed by atoms with Crippen LogP contribution in [-0.4, -0.2) is 26.3 Å². The summed E-state index contributed by atoms with van der Waals surface area (Å²) < 4.78 is 1.43. The lowest BCUT2D eigenvalue weighted by molar-refractivity contribution is -0.133. The molecular formula is C27H36N4O2. The minimum atomic E-state index is -0.489. The van der Waals surface area contributed by atoms with Gasteiger partial charge in [-0.05, 0) is 99.2 Å². The molecule has 4 saturated carbocycles. The first-order chi connectivity index (χ1) is 15.7. The smallest absolute Gasteiger partial charge is 0.253 e. The molecule has 33 heavy (non-hydrogen) atoms. The SMILES string of the molecule is [C-]#[N+]c1cc(C#N)nn1CC(=O)[C@H]1C[C@@H](C)[C@H]2[C@@H]3CC[C@@H]4C[C@](C)(O)CC[C@@H]4[C@H]3CC[C@@]21C. The number of aromatic nitrogens is 2. The molecule has 0 aromatic carbocycles. The van der Waals surface area contributed by atoms with Crippen LogP contribution < -0.4 is 0 Å². The van der Waals surface area contributed by atoms with Gasteiger partial charge in [-0.1, -0.05) is 25.5 Å². The summed E-state index contributed by atoms with van der Waals surface area (Å²) in [6.45, 7) is 14.2. The maximum absolute atomic E-state index is 13.6. The van der Waals surface area contributed by atoms with E-state index in [0.717, 1.165) is 43.9 Å². The molecule has 6 heteroatoms. The van der Waals surface area contributed by atoms with Gasteiger partial charge >= 0.3 is 0 Å². The van der Waals surface area contributed by atoms with E-state index in [1.807, 2.05) is 13.0 Å². The van der Waals surface area contributed by atoms with Crippen LogP contribution in [0.4, 0.5) is 5.82 Å². The summed E-state index contributed by atoms with van der Waals surface area (Å²) >= 11 is 0. The lowest BCUT2D eigenvalue weighted by atomic mass is 9.48. The van der Waals surface area contributed by atoms with Crippen LogP contribution in [0, 0.1) is 64.7 Å². The first-order valence-electron chi connectivity index (χ1n) is 12.8. The Morgan fingerprint density at radius 2 is 2.03 bits per heavy atom. The highest BCUT2D eigenvalue weighted by Crippen LogP contribution is 2.66. The fourth-order valence-electron chi connectivity index (χ4n) is 9.05. The Balaban J connectivity index is 1.36. The Kier molecular flexibility index (Phi) is 5.44. The van der Waals surface area contributed by atoms with Gasteiger partial charge in [-0.2, -0.15) is 9.94 Å². The van der Waals surface area contributed by atoms with Gasteiger partial charge in [-0.3, -0.25) is 4.79 Å². The van der Waals surface area contributed by atoms with Gasteiger partial charge in [0.15, 0.2) is 18.0 Å². The Morgan fingerprint density at radius 3 is 2.76 bits per heavy atom. The first-order valence-corrected chi connectivity index (χ1v) is 12.8. The van der Waals surface area contributed by atoms with Crippen LogP contribution in [0.25, 0.3) is 4.85 Å². The molecule has 0 aliphatic heterocycles. The number of fused-ring (bicyclic) bond motifs is 5.